The van der Waals surface area contributed by atoms with E-state index in [4.69, 9.17) is 5.41 Å². The van der Waals surface area contributed by atoms with Gasteiger partial charge in [-0.25, -0.2) is 0 Å². The van der Waals surface area contributed by atoms with E-state index in [1.165, 1.54) is 5.16 Å². The van der Waals surface area contributed by atoms with Gasteiger partial charge in [0.05, 0.1) is 6.54 Å². The van der Waals surface area contributed by atoms with E-state index in [-0.39, 0.29) is 22.8 Å². The second-order valence-corrected chi connectivity index (χ2v) is 5.69. The standard InChI is InChI=1S/C11H14Br2N2O.CNS.Cu/c1-15(2)4-3-14-7-8-5-9(12)6-10(13)11(8)16;2-1-3;/h5-7,16H,3-4H2,1-2H3;;/q;-1;+2/p-1. The summed E-state index contributed by atoms with van der Waals surface area (Å²) in [5.41, 5.74) is 0.597. The normalized spacial score (nSPS) is 9.65. The van der Waals surface area contributed by atoms with Crippen LogP contribution in [0.4, 0.5) is 0 Å². The average molecular weight is 471 g/mol. The molecule has 0 fully saturated rings. The number of hydrogen-bond acceptors (Lipinski definition) is 4. The summed E-state index contributed by atoms with van der Waals surface area (Å²) < 4.78 is 1.42. The van der Waals surface area contributed by atoms with Gasteiger partial charge in [-0.05, 0) is 31.8 Å². The molecule has 1 aromatic carbocycles. The molecule has 113 valence electrons. The Hall–Kier alpha value is -0.0705. The van der Waals surface area contributed by atoms with Crippen molar-refractivity contribution in [1.82, 2.24) is 4.90 Å². The molecule has 0 aliphatic carbocycles. The van der Waals surface area contributed by atoms with Crippen molar-refractivity contribution in [3.63, 3.8) is 0 Å². The molecule has 0 N–H and O–H groups in total. The third kappa shape index (κ3) is 9.77. The van der Waals surface area contributed by atoms with Crippen molar-refractivity contribution in [2.75, 3.05) is 27.2 Å². The molecule has 0 aromatic heterocycles. The molecule has 0 aliphatic rings. The van der Waals surface area contributed by atoms with Gasteiger partial charge < -0.3 is 15.4 Å². The molecule has 8 heteroatoms. The van der Waals surface area contributed by atoms with Crippen molar-refractivity contribution in [2.45, 2.75) is 0 Å². The molecular weight excluding hydrogens is 458 g/mol. The molecule has 0 spiro atoms. The van der Waals surface area contributed by atoms with Gasteiger partial charge in [0.25, 0.3) is 0 Å². The third-order valence-electron chi connectivity index (χ3n) is 1.94. The van der Waals surface area contributed by atoms with E-state index in [2.05, 4.69) is 49.1 Å². The summed E-state index contributed by atoms with van der Waals surface area (Å²) in [4.78, 5) is 6.26. The summed E-state index contributed by atoms with van der Waals surface area (Å²) in [7, 11) is 3.98. The Balaban J connectivity index is 0. The number of halogens is 2. The fourth-order valence-electron chi connectivity index (χ4n) is 1.10. The minimum atomic E-state index is -0.0307. The second-order valence-electron chi connectivity index (χ2n) is 3.74. The van der Waals surface area contributed by atoms with Crippen LogP contribution in [0.1, 0.15) is 5.56 Å². The predicted molar refractivity (Wildman–Crippen MR) is 88.3 cm³/mol. The van der Waals surface area contributed by atoms with Gasteiger partial charge in [-0.3, -0.25) is 4.99 Å². The maximum Gasteiger partial charge on any atom is 2.00 e. The smallest absolute Gasteiger partial charge is 0.871 e. The monoisotopic (exact) mass is 468 g/mol. The maximum absolute atomic E-state index is 11.7. The van der Waals surface area contributed by atoms with Gasteiger partial charge in [-0.2, -0.15) is 5.16 Å². The zero-order chi connectivity index (χ0) is 14.8. The number of thiocarbonyl (C=S) groups is 1. The van der Waals surface area contributed by atoms with Crippen LogP contribution in [0.5, 0.6) is 5.75 Å². The molecule has 0 bridgehead atoms. The average Bonchev–Trinajstić information content (AvgIpc) is 2.31. The first-order valence-electron chi connectivity index (χ1n) is 5.24. The van der Waals surface area contributed by atoms with E-state index < -0.39 is 0 Å². The molecule has 4 nitrogen and oxygen atoms in total. The Morgan fingerprint density at radius 1 is 1.45 bits per heavy atom. The number of benzene rings is 1. The quantitative estimate of drug-likeness (QED) is 0.386. The molecule has 1 rings (SSSR count). The minimum Gasteiger partial charge on any atom is -0.871 e. The fourth-order valence-corrected chi connectivity index (χ4v) is 2.36. The van der Waals surface area contributed by atoms with Gasteiger partial charge in [-0.1, -0.05) is 49.8 Å². The molecule has 0 aliphatic heterocycles. The van der Waals surface area contributed by atoms with Crippen molar-refractivity contribution in [3.05, 3.63) is 32.1 Å². The van der Waals surface area contributed by atoms with Crippen LogP contribution >= 0.6 is 44.1 Å². The number of likely N-dealkylation sites (N-methyl/N-ethyl adjacent to an activating group) is 1. The van der Waals surface area contributed by atoms with E-state index in [9.17, 15) is 5.11 Å². The molecule has 1 radical (unpaired) electrons. The first-order valence-corrected chi connectivity index (χ1v) is 7.23. The number of rotatable bonds is 4. The Bertz CT molecular complexity index is 478. The molecule has 0 amide bonds. The molecule has 0 unspecified atom stereocenters. The van der Waals surface area contributed by atoms with Gasteiger partial charge >= 0.3 is 17.1 Å². The van der Waals surface area contributed by atoms with E-state index in [0.717, 1.165) is 11.0 Å². The SMILES string of the molecule is CN(C)CCN=Cc1cc(Br)cc(Br)c1[O-].[Cu+2].[N-]=C=S. The number of aliphatic imine (C=N–C) groups is 1. The molecule has 0 heterocycles. The van der Waals surface area contributed by atoms with Crippen LogP contribution in [0, 0.1) is 0 Å². The second kappa shape index (κ2) is 12.7. The van der Waals surface area contributed by atoms with Crippen LogP contribution in [-0.4, -0.2) is 43.5 Å². The van der Waals surface area contributed by atoms with E-state index in [1.54, 1.807) is 18.3 Å². The summed E-state index contributed by atoms with van der Waals surface area (Å²) in [5.74, 6) is -0.0307. The summed E-state index contributed by atoms with van der Waals surface area (Å²) in [6.07, 6.45) is 1.63. The molecule has 20 heavy (non-hydrogen) atoms. The first-order chi connectivity index (χ1) is 8.92. The largest absolute Gasteiger partial charge is 2.00 e. The minimum absolute atomic E-state index is 0. The summed E-state index contributed by atoms with van der Waals surface area (Å²) in [5, 5.41) is 20.1. The van der Waals surface area contributed by atoms with Crippen LogP contribution in [0.2, 0.25) is 0 Å². The Labute approximate surface area is 151 Å². The zero-order valence-corrected chi connectivity index (χ0v) is 15.8. The Morgan fingerprint density at radius 2 is 2.00 bits per heavy atom. The maximum atomic E-state index is 11.7. The van der Waals surface area contributed by atoms with Gasteiger partial charge in [0.15, 0.2) is 0 Å². The van der Waals surface area contributed by atoms with Crippen LogP contribution in [0.3, 0.4) is 0 Å². The van der Waals surface area contributed by atoms with Gasteiger partial charge in [0, 0.05) is 21.7 Å². The topological polar surface area (TPSA) is 61.0 Å². The van der Waals surface area contributed by atoms with Gasteiger partial charge in [-0.15, -0.1) is 0 Å². The molecule has 1 aromatic rings. The molecular formula is C12H13Br2CuN3OS. The zero-order valence-electron chi connectivity index (χ0n) is 10.9. The van der Waals surface area contributed by atoms with Crippen molar-refractivity contribution < 1.29 is 22.2 Å². The van der Waals surface area contributed by atoms with Crippen molar-refractivity contribution in [3.8, 4) is 5.75 Å². The third-order valence-corrected chi connectivity index (χ3v) is 2.99. The van der Waals surface area contributed by atoms with Crippen molar-refractivity contribution in [2.24, 2.45) is 4.99 Å². The Morgan fingerprint density at radius 3 is 2.50 bits per heavy atom. The molecule has 0 atom stereocenters. The number of nitrogens with zero attached hydrogens (tertiary/aromatic N) is 3. The summed E-state index contributed by atoms with van der Waals surface area (Å²) >= 11 is 10.3. The van der Waals surface area contributed by atoms with Crippen LogP contribution in [0.25, 0.3) is 5.41 Å². The van der Waals surface area contributed by atoms with E-state index in [1.807, 2.05) is 19.0 Å². The molecule has 0 saturated carbocycles. The van der Waals surface area contributed by atoms with Crippen molar-refractivity contribution >= 4 is 55.5 Å². The molecule has 0 saturated heterocycles. The van der Waals surface area contributed by atoms with Gasteiger partial charge in [0.2, 0.25) is 0 Å². The van der Waals surface area contributed by atoms with Crippen LogP contribution in [-0.2, 0) is 17.1 Å². The first kappa shape index (κ1) is 22.2. The number of isothiocyanates is 1. The Kier molecular flexibility index (Phi) is 14.1. The fraction of sp³-hybridized carbons (Fsp3) is 0.333. The summed E-state index contributed by atoms with van der Waals surface area (Å²) in [6.45, 7) is 1.57. The van der Waals surface area contributed by atoms with E-state index >= 15 is 0 Å². The number of hydrogen-bond donors (Lipinski definition) is 0. The summed E-state index contributed by atoms with van der Waals surface area (Å²) in [6, 6.07) is 3.51. The van der Waals surface area contributed by atoms with Crippen LogP contribution < -0.4 is 5.11 Å². The van der Waals surface area contributed by atoms with E-state index in [0.29, 0.717) is 16.6 Å². The van der Waals surface area contributed by atoms with Gasteiger partial charge in [0.1, 0.15) is 0 Å². The van der Waals surface area contributed by atoms with Crippen molar-refractivity contribution in [1.29, 1.82) is 0 Å². The predicted octanol–water partition coefficient (Wildman–Crippen LogP) is 2.92. The van der Waals surface area contributed by atoms with Crippen LogP contribution in [0.15, 0.2) is 26.1 Å².